The Hall–Kier alpha value is -3.67. The number of phenols is 1. The van der Waals surface area contributed by atoms with Gasteiger partial charge in [0.2, 0.25) is 12.2 Å². The Morgan fingerprint density at radius 3 is 2.50 bits per heavy atom. The molecule has 2 N–H and O–H groups in total. The van der Waals surface area contributed by atoms with Crippen molar-refractivity contribution in [3.8, 4) is 11.5 Å². The van der Waals surface area contributed by atoms with E-state index in [1.807, 2.05) is 24.3 Å². The van der Waals surface area contributed by atoms with Gasteiger partial charge in [-0.15, -0.1) is 0 Å². The smallest absolute Gasteiger partial charge is 0.446 e. The van der Waals surface area contributed by atoms with Gasteiger partial charge in [-0.1, -0.05) is 44.2 Å². The molecule has 0 atom stereocenters. The number of unbranched alkanes of at least 4 members (excludes halogenated alkanes) is 2. The molecule has 2 amide bonds. The zero-order valence-electron chi connectivity index (χ0n) is 24.9. The largest absolute Gasteiger partial charge is 0.506 e. The lowest BCUT2D eigenvalue weighted by Crippen LogP contribution is -2.41. The van der Waals surface area contributed by atoms with Crippen molar-refractivity contribution >= 4 is 23.8 Å². The number of amides is 2. The van der Waals surface area contributed by atoms with Crippen LogP contribution in [0.15, 0.2) is 36.5 Å². The fourth-order valence-electron chi connectivity index (χ4n) is 5.39. The van der Waals surface area contributed by atoms with Gasteiger partial charge in [0.1, 0.15) is 11.4 Å². The number of fused-ring (bicyclic) bond motifs is 1. The zero-order valence-corrected chi connectivity index (χ0v) is 24.9. The molecule has 1 aromatic carbocycles. The van der Waals surface area contributed by atoms with Crippen LogP contribution >= 0.6 is 0 Å². The molecule has 0 spiro atoms. The quantitative estimate of drug-likeness (QED) is 0.126. The highest BCUT2D eigenvalue weighted by Gasteiger charge is 2.26. The van der Waals surface area contributed by atoms with E-state index in [0.29, 0.717) is 37.1 Å². The van der Waals surface area contributed by atoms with E-state index in [1.165, 1.54) is 25.7 Å². The number of ether oxygens (including phenoxy) is 2. The summed E-state index contributed by atoms with van der Waals surface area (Å²) in [6, 6.07) is 9.67. The molecule has 9 nitrogen and oxygen atoms in total. The van der Waals surface area contributed by atoms with Gasteiger partial charge in [-0.3, -0.25) is 19.4 Å². The van der Waals surface area contributed by atoms with Crippen LogP contribution in [0.4, 0.5) is 18.9 Å². The summed E-state index contributed by atoms with van der Waals surface area (Å²) in [6.07, 6.45) is 8.01. The summed E-state index contributed by atoms with van der Waals surface area (Å²) < 4.78 is 42.6. The molecule has 1 saturated carbocycles. The maximum absolute atomic E-state index is 13.3. The molecule has 4 rings (SSSR count). The molecule has 1 aliphatic heterocycles. The molecule has 1 aliphatic carbocycles. The molecule has 2 aliphatic rings. The topological polar surface area (TPSA) is 118 Å². The molecule has 44 heavy (non-hydrogen) atoms. The van der Waals surface area contributed by atoms with Gasteiger partial charge in [-0.25, -0.2) is 0 Å². The predicted octanol–water partition coefficient (Wildman–Crippen LogP) is 5.78. The number of anilines is 1. The Bertz CT molecular complexity index is 1190. The first-order valence-corrected chi connectivity index (χ1v) is 15.3. The molecular formula is C32H42F3N3O6. The summed E-state index contributed by atoms with van der Waals surface area (Å²) in [6.45, 7) is 1.76. The number of pyridine rings is 1. The number of nitrogens with one attached hydrogen (secondary N) is 1. The summed E-state index contributed by atoms with van der Waals surface area (Å²) in [5.74, 6) is 0.538. The SMILES string of the molecule is O=C1COc2c(CCCCCN(C(=O)CCOCCc3ccccn3)C3CCCCCC3)ccc(O)c2N1.O=CC(F)(F)F. The van der Waals surface area contributed by atoms with Crippen molar-refractivity contribution in [2.45, 2.75) is 89.3 Å². The molecule has 0 unspecified atom stereocenters. The van der Waals surface area contributed by atoms with Gasteiger partial charge in [0, 0.05) is 30.9 Å². The average Bonchev–Trinajstić information content (AvgIpc) is 3.30. The van der Waals surface area contributed by atoms with E-state index in [9.17, 15) is 27.9 Å². The van der Waals surface area contributed by atoms with Gasteiger partial charge in [0.05, 0.1) is 19.6 Å². The van der Waals surface area contributed by atoms with Crippen LogP contribution in [0.25, 0.3) is 0 Å². The summed E-state index contributed by atoms with van der Waals surface area (Å²) in [7, 11) is 0. The van der Waals surface area contributed by atoms with Crippen molar-refractivity contribution in [2.24, 2.45) is 0 Å². The minimum atomic E-state index is -4.64. The van der Waals surface area contributed by atoms with E-state index in [2.05, 4.69) is 15.2 Å². The molecule has 2 heterocycles. The van der Waals surface area contributed by atoms with E-state index in [4.69, 9.17) is 14.3 Å². The van der Waals surface area contributed by atoms with Crippen LogP contribution in [-0.2, 0) is 32.0 Å². The van der Waals surface area contributed by atoms with Crippen molar-refractivity contribution in [2.75, 3.05) is 31.7 Å². The van der Waals surface area contributed by atoms with Crippen LogP contribution < -0.4 is 10.1 Å². The first-order chi connectivity index (χ1) is 21.2. The zero-order chi connectivity index (χ0) is 31.8. The fourth-order valence-corrected chi connectivity index (χ4v) is 5.39. The third kappa shape index (κ3) is 12.1. The number of carbonyl (C=O) groups is 3. The van der Waals surface area contributed by atoms with Gasteiger partial charge >= 0.3 is 6.18 Å². The second kappa shape index (κ2) is 18.2. The fraction of sp³-hybridized carbons (Fsp3) is 0.562. The third-order valence-electron chi connectivity index (χ3n) is 7.58. The molecule has 0 radical (unpaired) electrons. The number of hydrogen-bond acceptors (Lipinski definition) is 7. The number of rotatable bonds is 13. The number of carbonyl (C=O) groups excluding carboxylic acids is 3. The van der Waals surface area contributed by atoms with E-state index in [1.54, 1.807) is 12.3 Å². The van der Waals surface area contributed by atoms with Crippen molar-refractivity contribution in [1.82, 2.24) is 9.88 Å². The summed E-state index contributed by atoms with van der Waals surface area (Å²) >= 11 is 0. The molecule has 0 bridgehead atoms. The average molecular weight is 622 g/mol. The molecule has 0 saturated heterocycles. The minimum Gasteiger partial charge on any atom is -0.506 e. The standard InChI is InChI=1S/C30H41N3O5.C2HF3O/c34-26-15-14-23(30-29(26)32-27(35)22-38-30)10-4-3-9-19-33(25-12-5-1-2-6-13-25)28(36)17-21-37-20-16-24-11-7-8-18-31-24;3-2(4,5)1-6/h7-8,11,14-15,18,25,34H,1-6,9-10,12-13,16-17,19-22H2,(H,32,35);1H. The van der Waals surface area contributed by atoms with Gasteiger partial charge in [-0.2, -0.15) is 13.2 Å². The number of phenolic OH excluding ortho intramolecular Hbond substituents is 1. The van der Waals surface area contributed by atoms with E-state index in [-0.39, 0.29) is 24.2 Å². The number of aryl methyl sites for hydroxylation is 1. The van der Waals surface area contributed by atoms with Crippen LogP contribution in [0, 0.1) is 0 Å². The number of hydrogen-bond donors (Lipinski definition) is 2. The molecule has 1 fully saturated rings. The number of aldehydes is 1. The van der Waals surface area contributed by atoms with Crippen LogP contribution in [0.5, 0.6) is 11.5 Å². The van der Waals surface area contributed by atoms with Crippen LogP contribution in [0.1, 0.15) is 75.5 Å². The summed E-state index contributed by atoms with van der Waals surface area (Å²) in [4.78, 5) is 40.0. The Balaban J connectivity index is 0.000000801. The number of nitrogens with zero attached hydrogens (tertiary/aromatic N) is 2. The molecule has 12 heteroatoms. The second-order valence-corrected chi connectivity index (χ2v) is 10.9. The van der Waals surface area contributed by atoms with Gasteiger partial charge < -0.3 is 24.8 Å². The van der Waals surface area contributed by atoms with Gasteiger partial charge in [-0.05, 0) is 55.9 Å². The van der Waals surface area contributed by atoms with Crippen LogP contribution in [0.3, 0.4) is 0 Å². The van der Waals surface area contributed by atoms with E-state index in [0.717, 1.165) is 62.7 Å². The van der Waals surface area contributed by atoms with Crippen molar-refractivity contribution in [3.05, 3.63) is 47.8 Å². The Morgan fingerprint density at radius 2 is 1.82 bits per heavy atom. The van der Waals surface area contributed by atoms with Crippen LogP contribution in [0.2, 0.25) is 0 Å². The van der Waals surface area contributed by atoms with Crippen LogP contribution in [-0.4, -0.2) is 71.7 Å². The normalized spacial score (nSPS) is 15.1. The van der Waals surface area contributed by atoms with E-state index >= 15 is 0 Å². The first-order valence-electron chi connectivity index (χ1n) is 15.3. The minimum absolute atomic E-state index is 0.0232. The molecule has 2 aromatic rings. The number of aromatic nitrogens is 1. The number of benzene rings is 1. The lowest BCUT2D eigenvalue weighted by atomic mass is 10.0. The Labute approximate surface area is 256 Å². The summed E-state index contributed by atoms with van der Waals surface area (Å²) in [5.41, 5.74) is 2.35. The second-order valence-electron chi connectivity index (χ2n) is 10.9. The highest BCUT2D eigenvalue weighted by atomic mass is 19.4. The molecule has 1 aromatic heterocycles. The number of halogens is 3. The maximum Gasteiger partial charge on any atom is 0.446 e. The highest BCUT2D eigenvalue weighted by molar-refractivity contribution is 5.97. The lowest BCUT2D eigenvalue weighted by Gasteiger charge is -2.31. The Kier molecular flexibility index (Phi) is 14.4. The Morgan fingerprint density at radius 1 is 1.07 bits per heavy atom. The highest BCUT2D eigenvalue weighted by Crippen LogP contribution is 2.39. The predicted molar refractivity (Wildman–Crippen MR) is 158 cm³/mol. The summed E-state index contributed by atoms with van der Waals surface area (Å²) in [5, 5.41) is 12.8. The third-order valence-corrected chi connectivity index (χ3v) is 7.58. The van der Waals surface area contributed by atoms with Gasteiger partial charge in [0.15, 0.2) is 12.4 Å². The monoisotopic (exact) mass is 621 g/mol. The first kappa shape index (κ1) is 34.8. The van der Waals surface area contributed by atoms with E-state index < -0.39 is 12.5 Å². The lowest BCUT2D eigenvalue weighted by molar-refractivity contribution is -0.156. The molecule has 242 valence electrons. The maximum atomic E-state index is 13.3. The van der Waals surface area contributed by atoms with Crippen molar-refractivity contribution < 1.29 is 42.1 Å². The number of aromatic hydroxyl groups is 1. The van der Waals surface area contributed by atoms with Crippen molar-refractivity contribution in [1.29, 1.82) is 0 Å². The van der Waals surface area contributed by atoms with Crippen molar-refractivity contribution in [3.63, 3.8) is 0 Å². The number of alkyl halides is 3. The molecular weight excluding hydrogens is 579 g/mol. The van der Waals surface area contributed by atoms with Gasteiger partial charge in [0.25, 0.3) is 5.91 Å².